The molecule has 0 aromatic carbocycles. The van der Waals surface area contributed by atoms with E-state index in [1.807, 2.05) is 6.07 Å². The van der Waals surface area contributed by atoms with Gasteiger partial charge in [-0.15, -0.1) is 6.58 Å². The Morgan fingerprint density at radius 2 is 2.38 bits per heavy atom. The van der Waals surface area contributed by atoms with Gasteiger partial charge < -0.3 is 4.90 Å². The third-order valence-electron chi connectivity index (χ3n) is 1.54. The summed E-state index contributed by atoms with van der Waals surface area (Å²) in [5, 5.41) is 11.5. The fraction of sp³-hybridized carbons (Fsp3) is 0.556. The topological polar surface area (TPSA) is 56.1 Å². The van der Waals surface area contributed by atoms with Crippen LogP contribution in [0.1, 0.15) is 6.42 Å². The molecule has 0 saturated heterocycles. The summed E-state index contributed by atoms with van der Waals surface area (Å²) in [6.45, 7) is 4.05. The Kier molecular flexibility index (Phi) is 5.57. The van der Waals surface area contributed by atoms with Gasteiger partial charge in [-0.2, -0.15) is 5.26 Å². The molecule has 0 spiro atoms. The summed E-state index contributed by atoms with van der Waals surface area (Å²) in [4.78, 5) is 12.7. The molecule has 1 atom stereocenters. The van der Waals surface area contributed by atoms with Crippen molar-refractivity contribution in [2.75, 3.05) is 20.6 Å². The largest absolute Gasteiger partial charge is 0.349 e. The molecule has 0 radical (unpaired) electrons. The van der Waals surface area contributed by atoms with Gasteiger partial charge in [0.1, 0.15) is 6.04 Å². The molecule has 1 N–H and O–H groups in total. The smallest absolute Gasteiger partial charge is 0.224 e. The molecule has 0 rings (SSSR count). The van der Waals surface area contributed by atoms with Crippen molar-refractivity contribution in [3.8, 4) is 6.07 Å². The zero-order valence-corrected chi connectivity index (χ0v) is 8.08. The molecule has 1 unspecified atom stereocenters. The lowest BCUT2D eigenvalue weighted by Crippen LogP contribution is -2.34. The van der Waals surface area contributed by atoms with Gasteiger partial charge in [0, 0.05) is 20.6 Å². The summed E-state index contributed by atoms with van der Waals surface area (Å²) in [5.41, 5.74) is 0. The number of nitriles is 1. The van der Waals surface area contributed by atoms with E-state index in [-0.39, 0.29) is 12.3 Å². The Morgan fingerprint density at radius 3 is 2.77 bits per heavy atom. The Bertz CT molecular complexity index is 217. The predicted octanol–water partition coefficient (Wildman–Crippen LogP) is 0.132. The molecule has 0 aromatic rings. The van der Waals surface area contributed by atoms with Crippen molar-refractivity contribution in [1.82, 2.24) is 10.2 Å². The molecule has 4 heteroatoms. The number of nitrogens with zero attached hydrogens (tertiary/aromatic N) is 2. The monoisotopic (exact) mass is 181 g/mol. The Hall–Kier alpha value is -1.34. The summed E-state index contributed by atoms with van der Waals surface area (Å²) in [6, 6.07) is 1.59. The van der Waals surface area contributed by atoms with Crippen LogP contribution in [0.25, 0.3) is 0 Å². The average molecular weight is 181 g/mol. The fourth-order valence-corrected chi connectivity index (χ4v) is 0.746. The molecule has 1 amide bonds. The highest BCUT2D eigenvalue weighted by Crippen LogP contribution is 1.93. The summed E-state index contributed by atoms with van der Waals surface area (Å²) in [5.74, 6) is -0.0527. The molecule has 0 bridgehead atoms. The minimum Gasteiger partial charge on any atom is -0.349 e. The average Bonchev–Trinajstić information content (AvgIpc) is 2.11. The van der Waals surface area contributed by atoms with E-state index in [1.165, 1.54) is 4.90 Å². The molecule has 0 heterocycles. The van der Waals surface area contributed by atoms with Crippen molar-refractivity contribution in [2.24, 2.45) is 0 Å². The molecule has 4 nitrogen and oxygen atoms in total. The van der Waals surface area contributed by atoms with Crippen LogP contribution in [0.5, 0.6) is 0 Å². The molecule has 0 aromatic heterocycles. The molecule has 0 fully saturated rings. The van der Waals surface area contributed by atoms with E-state index in [4.69, 9.17) is 5.26 Å². The highest BCUT2D eigenvalue weighted by atomic mass is 16.2. The number of amides is 1. The van der Waals surface area contributed by atoms with Crippen molar-refractivity contribution in [1.29, 1.82) is 5.26 Å². The van der Waals surface area contributed by atoms with Crippen molar-refractivity contribution >= 4 is 5.91 Å². The van der Waals surface area contributed by atoms with Gasteiger partial charge in [0.2, 0.25) is 5.91 Å². The highest BCUT2D eigenvalue weighted by Gasteiger charge is 2.12. The lowest BCUT2D eigenvalue weighted by molar-refractivity contribution is -0.128. The molecule has 72 valence electrons. The fourth-order valence-electron chi connectivity index (χ4n) is 0.746. The maximum absolute atomic E-state index is 11.2. The zero-order chi connectivity index (χ0) is 10.3. The summed E-state index contributed by atoms with van der Waals surface area (Å²) in [6.07, 6.45) is 1.86. The number of nitrogens with one attached hydrogen (secondary N) is 1. The first-order chi connectivity index (χ1) is 6.11. The highest BCUT2D eigenvalue weighted by molar-refractivity contribution is 5.76. The SMILES string of the molecule is C=CCNC(C#N)CC(=O)N(C)C. The van der Waals surface area contributed by atoms with Crippen molar-refractivity contribution in [2.45, 2.75) is 12.5 Å². The van der Waals surface area contributed by atoms with Crippen LogP contribution in [0.15, 0.2) is 12.7 Å². The first-order valence-corrected chi connectivity index (χ1v) is 4.05. The molecule has 0 saturated carbocycles. The Morgan fingerprint density at radius 1 is 1.77 bits per heavy atom. The Balaban J connectivity index is 3.92. The van der Waals surface area contributed by atoms with Crippen LogP contribution in [-0.4, -0.2) is 37.5 Å². The van der Waals surface area contributed by atoms with Crippen LogP contribution >= 0.6 is 0 Å². The predicted molar refractivity (Wildman–Crippen MR) is 50.9 cm³/mol. The number of carbonyl (C=O) groups is 1. The second-order valence-electron chi connectivity index (χ2n) is 2.87. The van der Waals surface area contributed by atoms with E-state index in [0.717, 1.165) is 0 Å². The van der Waals surface area contributed by atoms with E-state index in [1.54, 1.807) is 20.2 Å². The maximum atomic E-state index is 11.2. The van der Waals surface area contributed by atoms with Crippen LogP contribution in [0.4, 0.5) is 0 Å². The number of hydrogen-bond acceptors (Lipinski definition) is 3. The van der Waals surface area contributed by atoms with Gasteiger partial charge in [-0.25, -0.2) is 0 Å². The van der Waals surface area contributed by atoms with Crippen molar-refractivity contribution in [3.05, 3.63) is 12.7 Å². The van der Waals surface area contributed by atoms with Crippen LogP contribution in [-0.2, 0) is 4.79 Å². The third kappa shape index (κ3) is 4.99. The second kappa shape index (κ2) is 6.21. The summed E-state index contributed by atoms with van der Waals surface area (Å²) in [7, 11) is 3.34. The zero-order valence-electron chi connectivity index (χ0n) is 8.08. The van der Waals surface area contributed by atoms with Gasteiger partial charge >= 0.3 is 0 Å². The van der Waals surface area contributed by atoms with Gasteiger partial charge in [-0.3, -0.25) is 10.1 Å². The first-order valence-electron chi connectivity index (χ1n) is 4.05. The lowest BCUT2D eigenvalue weighted by atomic mass is 10.2. The number of rotatable bonds is 5. The number of carbonyl (C=O) groups excluding carboxylic acids is 1. The van der Waals surface area contributed by atoms with Gasteiger partial charge in [0.25, 0.3) is 0 Å². The summed E-state index contributed by atoms with van der Waals surface area (Å²) >= 11 is 0. The molecule has 0 aliphatic heterocycles. The van der Waals surface area contributed by atoms with Crippen LogP contribution < -0.4 is 5.32 Å². The van der Waals surface area contributed by atoms with Gasteiger partial charge in [-0.05, 0) is 0 Å². The molecular weight excluding hydrogens is 166 g/mol. The standard InChI is InChI=1S/C9H15N3O/c1-4-5-11-8(7-10)6-9(13)12(2)3/h4,8,11H,1,5-6H2,2-3H3. The molecule has 0 aliphatic rings. The Labute approximate surface area is 78.8 Å². The normalized spacial score (nSPS) is 11.5. The van der Waals surface area contributed by atoms with Gasteiger partial charge in [0.15, 0.2) is 0 Å². The quantitative estimate of drug-likeness (QED) is 0.613. The molecule has 0 aliphatic carbocycles. The van der Waals surface area contributed by atoms with E-state index >= 15 is 0 Å². The lowest BCUT2D eigenvalue weighted by Gasteiger charge is -2.13. The molecular formula is C9H15N3O. The van der Waals surface area contributed by atoms with Crippen molar-refractivity contribution in [3.63, 3.8) is 0 Å². The maximum Gasteiger partial charge on any atom is 0.224 e. The van der Waals surface area contributed by atoms with E-state index in [0.29, 0.717) is 6.54 Å². The third-order valence-corrected chi connectivity index (χ3v) is 1.54. The first kappa shape index (κ1) is 11.7. The van der Waals surface area contributed by atoms with E-state index in [9.17, 15) is 4.79 Å². The minimum absolute atomic E-state index is 0.0527. The van der Waals surface area contributed by atoms with Gasteiger partial charge in [-0.1, -0.05) is 6.08 Å². The van der Waals surface area contributed by atoms with Crippen LogP contribution in [0.2, 0.25) is 0 Å². The van der Waals surface area contributed by atoms with Crippen LogP contribution in [0, 0.1) is 11.3 Å². The van der Waals surface area contributed by atoms with Gasteiger partial charge in [0.05, 0.1) is 12.5 Å². The molecule has 13 heavy (non-hydrogen) atoms. The van der Waals surface area contributed by atoms with Crippen LogP contribution in [0.3, 0.4) is 0 Å². The van der Waals surface area contributed by atoms with Crippen molar-refractivity contribution < 1.29 is 4.79 Å². The van der Waals surface area contributed by atoms with E-state index < -0.39 is 6.04 Å². The minimum atomic E-state index is -0.423. The second-order valence-corrected chi connectivity index (χ2v) is 2.87. The number of hydrogen-bond donors (Lipinski definition) is 1. The summed E-state index contributed by atoms with van der Waals surface area (Å²) < 4.78 is 0. The van der Waals surface area contributed by atoms with E-state index in [2.05, 4.69) is 11.9 Å².